The van der Waals surface area contributed by atoms with Crippen molar-refractivity contribution in [2.45, 2.75) is 35.7 Å². The van der Waals surface area contributed by atoms with Gasteiger partial charge in [-0.25, -0.2) is 0 Å². The number of halogens is 3. The molecule has 0 amide bonds. The first kappa shape index (κ1) is 19.1. The highest BCUT2D eigenvalue weighted by molar-refractivity contribution is 8.38. The molecule has 2 heterocycles. The summed E-state index contributed by atoms with van der Waals surface area (Å²) < 4.78 is 39.2. The van der Waals surface area contributed by atoms with Crippen LogP contribution < -0.4 is 5.01 Å². The summed E-state index contributed by atoms with van der Waals surface area (Å²) in [5.74, 6) is 0.837. The van der Waals surface area contributed by atoms with Crippen LogP contribution in [0.1, 0.15) is 41.1 Å². The van der Waals surface area contributed by atoms with E-state index in [1.54, 1.807) is 5.01 Å². The summed E-state index contributed by atoms with van der Waals surface area (Å²) >= 11 is 2.73. The first-order valence-electron chi connectivity index (χ1n) is 8.46. The van der Waals surface area contributed by atoms with Gasteiger partial charge in [-0.15, -0.1) is 5.10 Å². The number of hydrogen-bond donors (Lipinski definition) is 0. The molecule has 4 rings (SSSR count). The highest BCUT2D eigenvalue weighted by atomic mass is 32.2. The van der Waals surface area contributed by atoms with E-state index < -0.39 is 11.7 Å². The van der Waals surface area contributed by atoms with Crippen LogP contribution in [0.5, 0.6) is 0 Å². The smallest absolute Gasteiger partial charge is 0.264 e. The number of hydrazone groups is 1. The minimum atomic E-state index is -4.47. The average Bonchev–Trinajstić information content (AvgIpc) is 3.50. The quantitative estimate of drug-likeness (QED) is 0.696. The van der Waals surface area contributed by atoms with Crippen molar-refractivity contribution >= 4 is 33.6 Å². The van der Waals surface area contributed by atoms with Gasteiger partial charge in [-0.05, 0) is 48.4 Å². The molecule has 1 aromatic carbocycles. The second-order valence-electron chi connectivity index (χ2n) is 6.50. The number of rotatable bonds is 3. The van der Waals surface area contributed by atoms with E-state index in [1.165, 1.54) is 29.6 Å². The van der Waals surface area contributed by atoms with Crippen LogP contribution in [0.2, 0.25) is 0 Å². The van der Waals surface area contributed by atoms with Crippen LogP contribution in [-0.4, -0.2) is 21.6 Å². The third-order valence-corrected chi connectivity index (χ3v) is 6.56. The molecule has 2 aliphatic rings. The largest absolute Gasteiger partial charge is 0.416 e. The van der Waals surface area contributed by atoms with Crippen LogP contribution in [0.4, 0.5) is 18.9 Å². The van der Waals surface area contributed by atoms with E-state index in [1.807, 2.05) is 19.2 Å². The Morgan fingerprint density at radius 3 is 2.75 bits per heavy atom. The van der Waals surface area contributed by atoms with Crippen molar-refractivity contribution in [3.05, 3.63) is 46.6 Å². The molecule has 0 spiro atoms. The van der Waals surface area contributed by atoms with Crippen LogP contribution in [0.25, 0.3) is 0 Å². The van der Waals surface area contributed by atoms with Crippen LogP contribution in [0.15, 0.2) is 34.4 Å². The van der Waals surface area contributed by atoms with Gasteiger partial charge in [0.05, 0.1) is 28.6 Å². The molecule has 28 heavy (non-hydrogen) atoms. The number of nitriles is 1. The molecule has 1 saturated carbocycles. The topological polar surface area (TPSA) is 65.2 Å². The number of anilines is 1. The minimum Gasteiger partial charge on any atom is -0.264 e. The number of benzene rings is 1. The zero-order valence-electron chi connectivity index (χ0n) is 14.7. The van der Waals surface area contributed by atoms with Crippen molar-refractivity contribution in [3.8, 4) is 6.07 Å². The van der Waals surface area contributed by atoms with E-state index in [2.05, 4.69) is 15.3 Å². The van der Waals surface area contributed by atoms with Gasteiger partial charge in [0.15, 0.2) is 9.40 Å². The minimum absolute atomic E-state index is 0.0198. The molecule has 0 unspecified atom stereocenters. The van der Waals surface area contributed by atoms with E-state index >= 15 is 0 Å². The fourth-order valence-corrected chi connectivity index (χ4v) is 4.79. The predicted molar refractivity (Wildman–Crippen MR) is 103 cm³/mol. The van der Waals surface area contributed by atoms with E-state index in [9.17, 15) is 18.4 Å². The number of alkyl halides is 3. The van der Waals surface area contributed by atoms with Gasteiger partial charge < -0.3 is 0 Å². The van der Waals surface area contributed by atoms with E-state index in [-0.39, 0.29) is 5.56 Å². The fourth-order valence-electron chi connectivity index (χ4n) is 2.73. The lowest BCUT2D eigenvalue weighted by Crippen LogP contribution is -2.17. The van der Waals surface area contributed by atoms with Gasteiger partial charge in [-0.1, -0.05) is 17.8 Å². The second kappa shape index (κ2) is 7.29. The molecule has 0 N–H and O–H groups in total. The molecule has 5 nitrogen and oxygen atoms in total. The molecule has 0 atom stereocenters. The number of hydrogen-bond acceptors (Lipinski definition) is 7. The zero-order chi connectivity index (χ0) is 19.9. The summed E-state index contributed by atoms with van der Waals surface area (Å²) in [6.45, 7) is 0. The van der Waals surface area contributed by atoms with Gasteiger partial charge in [-0.3, -0.25) is 5.01 Å². The molecule has 0 saturated heterocycles. The summed E-state index contributed by atoms with van der Waals surface area (Å²) in [6.07, 6.45) is -2.18. The lowest BCUT2D eigenvalue weighted by molar-refractivity contribution is -0.137. The Balaban J connectivity index is 1.48. The Bertz CT molecular complexity index is 996. The Labute approximate surface area is 168 Å². The third kappa shape index (κ3) is 3.95. The molecular weight excluding hydrogens is 407 g/mol. The highest BCUT2D eigenvalue weighted by Crippen LogP contribution is 2.43. The molecule has 1 aliphatic carbocycles. The molecule has 1 aromatic heterocycles. The lowest BCUT2D eigenvalue weighted by atomic mass is 10.1. The third-order valence-electron chi connectivity index (χ3n) is 4.43. The lowest BCUT2D eigenvalue weighted by Gasteiger charge is -2.22. The summed E-state index contributed by atoms with van der Waals surface area (Å²) in [7, 11) is 1.83. The molecule has 144 valence electrons. The number of fused-ring (bicyclic) bond motifs is 1. The number of thioether (sulfide) groups is 2. The molecule has 0 radical (unpaired) electrons. The summed E-state index contributed by atoms with van der Waals surface area (Å²) in [6, 6.07) is 7.10. The van der Waals surface area contributed by atoms with Crippen LogP contribution >= 0.6 is 23.5 Å². The summed E-state index contributed by atoms with van der Waals surface area (Å²) in [5, 5.41) is 24.8. The van der Waals surface area contributed by atoms with Gasteiger partial charge in [0.1, 0.15) is 0 Å². The predicted octanol–water partition coefficient (Wildman–Crippen LogP) is 4.99. The van der Waals surface area contributed by atoms with Gasteiger partial charge in [0.25, 0.3) is 0 Å². The molecule has 1 aliphatic heterocycles. The van der Waals surface area contributed by atoms with Crippen molar-refractivity contribution < 1.29 is 13.2 Å². The van der Waals surface area contributed by atoms with Gasteiger partial charge in [0.2, 0.25) is 0 Å². The standard InChI is InChI=1S/C18H14F3N5S2/c1-26-15-7-14(10-2-3-10)23-24-16(15)28-17(25-26)27-9-11-4-5-13(18(19,20)21)6-12(11)8-22/h4-7,10H,2-3,9H2,1H3. The molecular formula is C18H14F3N5S2. The molecule has 0 bridgehead atoms. The van der Waals surface area contributed by atoms with Crippen molar-refractivity contribution in [2.24, 2.45) is 5.10 Å². The average molecular weight is 421 g/mol. The van der Waals surface area contributed by atoms with Gasteiger partial charge >= 0.3 is 6.18 Å². The van der Waals surface area contributed by atoms with Crippen LogP contribution in [0.3, 0.4) is 0 Å². The Morgan fingerprint density at radius 1 is 1.29 bits per heavy atom. The van der Waals surface area contributed by atoms with Crippen molar-refractivity contribution in [2.75, 3.05) is 12.1 Å². The first-order chi connectivity index (χ1) is 13.3. The Morgan fingerprint density at radius 2 is 2.07 bits per heavy atom. The Hall–Kier alpha value is -2.25. The number of nitrogens with zero attached hydrogens (tertiary/aromatic N) is 5. The molecule has 10 heteroatoms. The van der Waals surface area contributed by atoms with Crippen molar-refractivity contribution in [3.63, 3.8) is 0 Å². The molecule has 2 aromatic rings. The summed E-state index contributed by atoms with van der Waals surface area (Å²) in [5.41, 5.74) is 1.62. The summed E-state index contributed by atoms with van der Waals surface area (Å²) in [4.78, 5) is 0. The first-order valence-corrected chi connectivity index (χ1v) is 10.3. The van der Waals surface area contributed by atoms with Crippen molar-refractivity contribution in [1.29, 1.82) is 5.26 Å². The number of aromatic nitrogens is 2. The zero-order valence-corrected chi connectivity index (χ0v) is 16.3. The van der Waals surface area contributed by atoms with Gasteiger partial charge in [0, 0.05) is 18.7 Å². The van der Waals surface area contributed by atoms with Crippen LogP contribution in [0, 0.1) is 11.3 Å². The SMILES string of the molecule is CN1N=C(SCc2ccc(C(F)(F)F)cc2C#N)Sc2nnc(C3CC3)cc21. The highest BCUT2D eigenvalue weighted by Gasteiger charge is 2.31. The maximum absolute atomic E-state index is 12.8. The fraction of sp³-hybridized carbons (Fsp3) is 0.333. The maximum atomic E-state index is 12.8. The van der Waals surface area contributed by atoms with E-state index in [4.69, 9.17) is 0 Å². The van der Waals surface area contributed by atoms with Crippen LogP contribution in [-0.2, 0) is 11.9 Å². The normalized spacial score (nSPS) is 16.4. The van der Waals surface area contributed by atoms with E-state index in [0.717, 1.165) is 41.4 Å². The van der Waals surface area contributed by atoms with Gasteiger partial charge in [-0.2, -0.15) is 28.6 Å². The molecule has 1 fully saturated rings. The van der Waals surface area contributed by atoms with E-state index in [0.29, 0.717) is 21.6 Å². The second-order valence-corrected chi connectivity index (χ2v) is 8.70. The Kier molecular flexibility index (Phi) is 4.97. The maximum Gasteiger partial charge on any atom is 0.416 e. The monoisotopic (exact) mass is 421 g/mol. The van der Waals surface area contributed by atoms with Crippen molar-refractivity contribution in [1.82, 2.24) is 10.2 Å².